The first-order valence-corrected chi connectivity index (χ1v) is 7.69. The monoisotopic (exact) mass is 389 g/mol. The van der Waals surface area contributed by atoms with Crippen LogP contribution in [0.5, 0.6) is 11.5 Å². The number of aromatic carboxylic acids is 1. The molecular formula is C17H12BrNO5. The van der Waals surface area contributed by atoms with Crippen molar-refractivity contribution < 1.29 is 19.1 Å². The predicted molar refractivity (Wildman–Crippen MR) is 92.8 cm³/mol. The Morgan fingerprint density at radius 2 is 1.96 bits per heavy atom. The van der Waals surface area contributed by atoms with E-state index in [0.29, 0.717) is 22.6 Å². The largest absolute Gasteiger partial charge is 0.477 e. The molecule has 0 aliphatic carbocycles. The van der Waals surface area contributed by atoms with Gasteiger partial charge in [-0.1, -0.05) is 0 Å². The molecule has 1 heterocycles. The van der Waals surface area contributed by atoms with Gasteiger partial charge in [0.2, 0.25) is 0 Å². The number of nitrogens with two attached hydrogens (primary N) is 1. The van der Waals surface area contributed by atoms with Crippen LogP contribution in [0, 0.1) is 6.92 Å². The number of benzene rings is 2. The summed E-state index contributed by atoms with van der Waals surface area (Å²) in [5.41, 5.74) is 6.30. The van der Waals surface area contributed by atoms with Crippen molar-refractivity contribution in [2.45, 2.75) is 6.92 Å². The standard InChI is InChI=1S/C17H12BrNO5/c1-8-4-11(6-13(18)15(8)19)23-10-3-2-9-5-12(16(20)21)17(22)24-14(9)7-10/h2-7H,19H2,1H3,(H,20,21). The number of fused-ring (bicyclic) bond motifs is 1. The highest BCUT2D eigenvalue weighted by molar-refractivity contribution is 9.10. The van der Waals surface area contributed by atoms with Gasteiger partial charge in [0.15, 0.2) is 0 Å². The van der Waals surface area contributed by atoms with E-state index in [1.807, 2.05) is 6.92 Å². The highest BCUT2D eigenvalue weighted by Crippen LogP contribution is 2.32. The molecule has 0 aliphatic rings. The fourth-order valence-electron chi connectivity index (χ4n) is 2.22. The molecule has 0 amide bonds. The lowest BCUT2D eigenvalue weighted by Crippen LogP contribution is -2.12. The number of carbonyl (C=O) groups is 1. The molecule has 0 saturated carbocycles. The lowest BCUT2D eigenvalue weighted by molar-refractivity contribution is 0.0692. The maximum Gasteiger partial charge on any atom is 0.351 e. The van der Waals surface area contributed by atoms with Crippen molar-refractivity contribution >= 4 is 38.6 Å². The van der Waals surface area contributed by atoms with Gasteiger partial charge in [-0.2, -0.15) is 0 Å². The van der Waals surface area contributed by atoms with Crippen LogP contribution in [0.1, 0.15) is 15.9 Å². The van der Waals surface area contributed by atoms with Gasteiger partial charge in [0.1, 0.15) is 22.6 Å². The smallest absolute Gasteiger partial charge is 0.351 e. The molecule has 0 spiro atoms. The van der Waals surface area contributed by atoms with Crippen LogP contribution >= 0.6 is 15.9 Å². The fourth-order valence-corrected chi connectivity index (χ4v) is 2.76. The molecule has 0 unspecified atom stereocenters. The number of carboxylic acid groups (broad SMARTS) is 1. The first-order chi connectivity index (χ1) is 11.3. The fraction of sp³-hybridized carbons (Fsp3) is 0.0588. The molecule has 3 N–H and O–H groups in total. The van der Waals surface area contributed by atoms with E-state index in [0.717, 1.165) is 10.0 Å². The summed E-state index contributed by atoms with van der Waals surface area (Å²) in [4.78, 5) is 22.6. The predicted octanol–water partition coefficient (Wildman–Crippen LogP) is 3.94. The number of hydrogen-bond donors (Lipinski definition) is 2. The Balaban J connectivity index is 2.01. The number of hydrogen-bond acceptors (Lipinski definition) is 5. The van der Waals surface area contributed by atoms with Gasteiger partial charge in [0, 0.05) is 21.6 Å². The third-order valence-electron chi connectivity index (χ3n) is 3.48. The van der Waals surface area contributed by atoms with Crippen LogP contribution in [0.25, 0.3) is 11.0 Å². The molecule has 1 aromatic heterocycles. The minimum absolute atomic E-state index is 0.244. The van der Waals surface area contributed by atoms with E-state index in [1.54, 1.807) is 24.3 Å². The van der Waals surface area contributed by atoms with E-state index >= 15 is 0 Å². The number of nitrogen functional groups attached to an aromatic ring is 1. The van der Waals surface area contributed by atoms with Gasteiger partial charge in [-0.25, -0.2) is 9.59 Å². The summed E-state index contributed by atoms with van der Waals surface area (Å²) in [6, 6.07) is 9.61. The molecule has 0 bridgehead atoms. The Kier molecular flexibility index (Phi) is 4.02. The molecule has 122 valence electrons. The van der Waals surface area contributed by atoms with Crippen LogP contribution in [0.2, 0.25) is 0 Å². The van der Waals surface area contributed by atoms with Crippen molar-refractivity contribution in [3.63, 3.8) is 0 Å². The molecule has 7 heteroatoms. The van der Waals surface area contributed by atoms with Gasteiger partial charge >= 0.3 is 11.6 Å². The second-order valence-corrected chi connectivity index (χ2v) is 6.04. The zero-order chi connectivity index (χ0) is 17.4. The van der Waals surface area contributed by atoms with E-state index in [1.165, 1.54) is 12.1 Å². The summed E-state index contributed by atoms with van der Waals surface area (Å²) >= 11 is 3.36. The number of carboxylic acids is 1. The lowest BCUT2D eigenvalue weighted by atomic mass is 10.1. The summed E-state index contributed by atoms with van der Waals surface area (Å²) in [6.45, 7) is 1.86. The van der Waals surface area contributed by atoms with E-state index in [-0.39, 0.29) is 5.58 Å². The zero-order valence-corrected chi connectivity index (χ0v) is 14.1. The van der Waals surface area contributed by atoms with E-state index in [2.05, 4.69) is 15.9 Å². The van der Waals surface area contributed by atoms with Gasteiger partial charge in [-0.3, -0.25) is 0 Å². The molecule has 2 aromatic carbocycles. The number of anilines is 1. The molecule has 0 saturated heterocycles. The number of rotatable bonds is 3. The molecule has 0 fully saturated rings. The van der Waals surface area contributed by atoms with Gasteiger partial charge < -0.3 is 20.0 Å². The van der Waals surface area contributed by atoms with Crippen molar-refractivity contribution in [2.24, 2.45) is 0 Å². The van der Waals surface area contributed by atoms with Gasteiger partial charge in [0.05, 0.1) is 0 Å². The minimum Gasteiger partial charge on any atom is -0.477 e. The van der Waals surface area contributed by atoms with Crippen molar-refractivity contribution in [2.75, 3.05) is 5.73 Å². The Labute approximate surface area is 144 Å². The van der Waals surface area contributed by atoms with Crippen LogP contribution in [0.3, 0.4) is 0 Å². The second-order valence-electron chi connectivity index (χ2n) is 5.19. The summed E-state index contributed by atoms with van der Waals surface area (Å²) in [6.07, 6.45) is 0. The second kappa shape index (κ2) is 6.01. The average Bonchev–Trinajstić information content (AvgIpc) is 2.51. The highest BCUT2D eigenvalue weighted by atomic mass is 79.9. The maximum absolute atomic E-state index is 11.7. The Hall–Kier alpha value is -2.80. The molecule has 3 rings (SSSR count). The van der Waals surface area contributed by atoms with Crippen LogP contribution < -0.4 is 16.1 Å². The molecule has 3 aromatic rings. The molecule has 0 radical (unpaired) electrons. The minimum atomic E-state index is -1.33. The number of aryl methyl sites for hydroxylation is 1. The first-order valence-electron chi connectivity index (χ1n) is 6.90. The maximum atomic E-state index is 11.7. The van der Waals surface area contributed by atoms with Crippen LogP contribution in [0.15, 0.2) is 50.1 Å². The van der Waals surface area contributed by atoms with Crippen molar-refractivity contribution in [3.05, 3.63) is 62.4 Å². The molecular weight excluding hydrogens is 378 g/mol. The van der Waals surface area contributed by atoms with Gasteiger partial charge in [-0.15, -0.1) is 0 Å². The number of halogens is 1. The van der Waals surface area contributed by atoms with Crippen molar-refractivity contribution in [1.29, 1.82) is 0 Å². The first kappa shape index (κ1) is 16.1. The van der Waals surface area contributed by atoms with Crippen LogP contribution in [-0.2, 0) is 0 Å². The van der Waals surface area contributed by atoms with Crippen LogP contribution in [-0.4, -0.2) is 11.1 Å². The summed E-state index contributed by atoms with van der Waals surface area (Å²) in [5, 5.41) is 9.44. The normalized spacial score (nSPS) is 10.8. The van der Waals surface area contributed by atoms with Crippen LogP contribution in [0.4, 0.5) is 5.69 Å². The highest BCUT2D eigenvalue weighted by Gasteiger charge is 2.13. The molecule has 6 nitrogen and oxygen atoms in total. The van der Waals surface area contributed by atoms with Crippen molar-refractivity contribution in [3.8, 4) is 11.5 Å². The van der Waals surface area contributed by atoms with E-state index in [4.69, 9.17) is 20.0 Å². The van der Waals surface area contributed by atoms with Crippen molar-refractivity contribution in [1.82, 2.24) is 0 Å². The quantitative estimate of drug-likeness (QED) is 0.519. The average molecular weight is 390 g/mol. The summed E-state index contributed by atoms with van der Waals surface area (Å²) in [7, 11) is 0. The summed E-state index contributed by atoms with van der Waals surface area (Å²) < 4.78 is 11.5. The number of ether oxygens (including phenoxy) is 1. The molecule has 0 aliphatic heterocycles. The Bertz CT molecular complexity index is 1000. The molecule has 24 heavy (non-hydrogen) atoms. The zero-order valence-electron chi connectivity index (χ0n) is 12.5. The van der Waals surface area contributed by atoms with Gasteiger partial charge in [-0.05, 0) is 58.7 Å². The van der Waals surface area contributed by atoms with E-state index < -0.39 is 17.2 Å². The lowest BCUT2D eigenvalue weighted by Gasteiger charge is -2.10. The third kappa shape index (κ3) is 2.98. The Morgan fingerprint density at radius 1 is 1.21 bits per heavy atom. The topological polar surface area (TPSA) is 103 Å². The van der Waals surface area contributed by atoms with E-state index in [9.17, 15) is 9.59 Å². The summed E-state index contributed by atoms with van der Waals surface area (Å²) in [5.74, 6) is -0.310. The molecule has 0 atom stereocenters. The Morgan fingerprint density at radius 3 is 2.62 bits per heavy atom. The van der Waals surface area contributed by atoms with Gasteiger partial charge in [0.25, 0.3) is 0 Å². The SMILES string of the molecule is Cc1cc(Oc2ccc3cc(C(=O)O)c(=O)oc3c2)cc(Br)c1N. The third-order valence-corrected chi connectivity index (χ3v) is 4.14.